The van der Waals surface area contributed by atoms with Crippen LogP contribution in [0.2, 0.25) is 10.0 Å². The van der Waals surface area contributed by atoms with Gasteiger partial charge in [-0.25, -0.2) is 9.79 Å². The molecule has 1 heterocycles. The molecule has 0 aliphatic rings. The topological polar surface area (TPSA) is 111 Å². The van der Waals surface area contributed by atoms with Gasteiger partial charge in [0, 0.05) is 14.1 Å². The second-order valence-corrected chi connectivity index (χ2v) is 8.43. The van der Waals surface area contributed by atoms with E-state index in [-0.39, 0.29) is 29.5 Å². The molecule has 12 heteroatoms. The fourth-order valence-corrected chi connectivity index (χ4v) is 3.87. The number of halogens is 3. The number of hydrogen-bond acceptors (Lipinski definition) is 6. The standard InChI is InChI=1S/C21H19Cl2N5O3S.ClH/c1-27-18(24)17(19(30)28(2)21(27)31)16(29)11-32-20(25-14-9-5-3-7-12(14)22)26-15-10-6-4-8-13(15)23;/h3-10H,11,24H2,1-2H3,(H,25,26);1H/p-1. The molecule has 0 aliphatic carbocycles. The first-order valence-electron chi connectivity index (χ1n) is 9.27. The molecule has 0 radical (unpaired) electrons. The number of aromatic nitrogens is 2. The highest BCUT2D eigenvalue weighted by atomic mass is 35.5. The van der Waals surface area contributed by atoms with Crippen LogP contribution in [0, 0.1) is 0 Å². The average Bonchev–Trinajstić information content (AvgIpc) is 2.77. The van der Waals surface area contributed by atoms with Crippen molar-refractivity contribution in [1.29, 1.82) is 0 Å². The summed E-state index contributed by atoms with van der Waals surface area (Å²) in [5, 5.41) is 4.31. The third-order valence-electron chi connectivity index (χ3n) is 4.52. The van der Waals surface area contributed by atoms with Gasteiger partial charge in [0.2, 0.25) is 0 Å². The predicted octanol–water partition coefficient (Wildman–Crippen LogP) is 0.693. The summed E-state index contributed by atoms with van der Waals surface area (Å²) in [5.74, 6) is -0.901. The number of anilines is 2. The first-order valence-corrected chi connectivity index (χ1v) is 11.0. The Kier molecular flexibility index (Phi) is 9.18. The highest BCUT2D eigenvalue weighted by Crippen LogP contribution is 2.28. The Morgan fingerprint density at radius 3 is 2.27 bits per heavy atom. The van der Waals surface area contributed by atoms with Crippen LogP contribution in [0.4, 0.5) is 17.2 Å². The molecule has 174 valence electrons. The number of benzene rings is 2. The van der Waals surface area contributed by atoms with Gasteiger partial charge < -0.3 is 23.5 Å². The highest BCUT2D eigenvalue weighted by molar-refractivity contribution is 8.14. The Hall–Kier alpha value is -2.72. The summed E-state index contributed by atoms with van der Waals surface area (Å²) in [6.45, 7) is 0. The van der Waals surface area contributed by atoms with Gasteiger partial charge >= 0.3 is 5.69 Å². The number of thioether (sulfide) groups is 1. The van der Waals surface area contributed by atoms with E-state index >= 15 is 0 Å². The summed E-state index contributed by atoms with van der Waals surface area (Å²) in [5.41, 5.74) is 5.34. The van der Waals surface area contributed by atoms with Crippen molar-refractivity contribution in [2.45, 2.75) is 0 Å². The summed E-state index contributed by atoms with van der Waals surface area (Å²) in [4.78, 5) is 41.9. The number of carbonyl (C=O) groups excluding carboxylic acids is 1. The zero-order chi connectivity index (χ0) is 23.4. The summed E-state index contributed by atoms with van der Waals surface area (Å²) < 4.78 is 1.90. The minimum atomic E-state index is -0.750. The van der Waals surface area contributed by atoms with Gasteiger partial charge in [-0.1, -0.05) is 59.2 Å². The number of carbonyl (C=O) groups is 1. The maximum atomic E-state index is 12.9. The van der Waals surface area contributed by atoms with Crippen molar-refractivity contribution >= 4 is 63.1 Å². The summed E-state index contributed by atoms with van der Waals surface area (Å²) >= 11 is 13.5. The molecule has 8 nitrogen and oxygen atoms in total. The number of hydrogen-bond donors (Lipinski definition) is 2. The number of nitrogens with one attached hydrogen (secondary N) is 1. The lowest BCUT2D eigenvalue weighted by Gasteiger charge is -2.13. The van der Waals surface area contributed by atoms with E-state index in [1.165, 1.54) is 14.1 Å². The van der Waals surface area contributed by atoms with Crippen molar-refractivity contribution in [1.82, 2.24) is 9.13 Å². The lowest BCUT2D eigenvalue weighted by atomic mass is 10.2. The second kappa shape index (κ2) is 11.4. The molecule has 1 aromatic heterocycles. The normalized spacial score (nSPS) is 11.1. The molecule has 2 aromatic carbocycles. The summed E-state index contributed by atoms with van der Waals surface area (Å²) in [6.07, 6.45) is 0. The van der Waals surface area contributed by atoms with Crippen molar-refractivity contribution in [2.24, 2.45) is 19.1 Å². The quantitative estimate of drug-likeness (QED) is 0.287. The van der Waals surface area contributed by atoms with E-state index in [9.17, 15) is 14.4 Å². The molecule has 3 aromatic rings. The fourth-order valence-electron chi connectivity index (χ4n) is 2.75. The minimum Gasteiger partial charge on any atom is -1.00 e. The summed E-state index contributed by atoms with van der Waals surface area (Å²) in [7, 11) is 2.68. The lowest BCUT2D eigenvalue weighted by Crippen LogP contribution is -3.00. The van der Waals surface area contributed by atoms with Gasteiger partial charge in [0.15, 0.2) is 11.0 Å². The SMILES string of the molecule is Cn1c(N)c(C(=O)CSC(=Nc2ccccc2Cl)Nc2ccccc2Cl)c(=O)n(C)c1=O.[Cl-]. The summed E-state index contributed by atoms with van der Waals surface area (Å²) in [6, 6.07) is 14.0. The van der Waals surface area contributed by atoms with Crippen LogP contribution in [-0.4, -0.2) is 25.8 Å². The Balaban J connectivity index is 0.00000385. The number of Topliss-reactive ketones (excluding diaryl/α,β-unsaturated/α-hetero) is 1. The number of nitrogens with two attached hydrogens (primary N) is 1. The molecule has 0 unspecified atom stereocenters. The van der Waals surface area contributed by atoms with Crippen molar-refractivity contribution in [3.8, 4) is 0 Å². The van der Waals surface area contributed by atoms with Gasteiger partial charge in [-0.15, -0.1) is 0 Å². The number of aliphatic imine (C=N–C) groups is 1. The van der Waals surface area contributed by atoms with E-state index < -0.39 is 17.0 Å². The third-order valence-corrected chi connectivity index (χ3v) is 6.04. The molecular formula is C21H19Cl3N5O3S-. The number of amidine groups is 1. The molecule has 3 rings (SSSR count). The first kappa shape index (κ1) is 26.5. The van der Waals surface area contributed by atoms with Crippen molar-refractivity contribution in [3.05, 3.63) is 85.0 Å². The molecule has 0 bridgehead atoms. The molecule has 0 saturated heterocycles. The average molecular weight is 528 g/mol. The van der Waals surface area contributed by atoms with Crippen LogP contribution in [0.15, 0.2) is 63.1 Å². The molecule has 0 saturated carbocycles. The van der Waals surface area contributed by atoms with Crippen LogP contribution in [-0.2, 0) is 14.1 Å². The zero-order valence-electron chi connectivity index (χ0n) is 17.5. The maximum Gasteiger partial charge on any atom is 0.332 e. The maximum absolute atomic E-state index is 12.9. The highest BCUT2D eigenvalue weighted by Gasteiger charge is 2.21. The van der Waals surface area contributed by atoms with Gasteiger partial charge in [0.25, 0.3) is 5.56 Å². The van der Waals surface area contributed by atoms with E-state index in [0.717, 1.165) is 20.9 Å². The molecule has 0 fully saturated rings. The largest absolute Gasteiger partial charge is 1.00 e. The Morgan fingerprint density at radius 2 is 1.64 bits per heavy atom. The number of nitrogen functional groups attached to an aromatic ring is 1. The lowest BCUT2D eigenvalue weighted by molar-refractivity contribution is -0.0000143. The van der Waals surface area contributed by atoms with Crippen LogP contribution < -0.4 is 34.7 Å². The van der Waals surface area contributed by atoms with Crippen molar-refractivity contribution in [3.63, 3.8) is 0 Å². The molecular weight excluding hydrogens is 509 g/mol. The van der Waals surface area contributed by atoms with Crippen LogP contribution in [0.1, 0.15) is 10.4 Å². The Morgan fingerprint density at radius 1 is 1.03 bits per heavy atom. The molecule has 33 heavy (non-hydrogen) atoms. The van der Waals surface area contributed by atoms with Crippen molar-refractivity contribution in [2.75, 3.05) is 16.8 Å². The number of nitrogens with zero attached hydrogens (tertiary/aromatic N) is 3. The van der Waals surface area contributed by atoms with Gasteiger partial charge in [-0.2, -0.15) is 0 Å². The smallest absolute Gasteiger partial charge is 0.332 e. The fraction of sp³-hybridized carbons (Fsp3) is 0.143. The number of para-hydroxylation sites is 2. The first-order chi connectivity index (χ1) is 15.2. The molecule has 0 atom stereocenters. The van der Waals surface area contributed by atoms with E-state index in [2.05, 4.69) is 10.3 Å². The monoisotopic (exact) mass is 526 g/mol. The molecule has 0 spiro atoms. The van der Waals surface area contributed by atoms with E-state index in [4.69, 9.17) is 28.9 Å². The van der Waals surface area contributed by atoms with E-state index in [1.54, 1.807) is 48.5 Å². The van der Waals surface area contributed by atoms with Gasteiger partial charge in [-0.3, -0.25) is 18.7 Å². The minimum absolute atomic E-state index is 0. The predicted molar refractivity (Wildman–Crippen MR) is 132 cm³/mol. The van der Waals surface area contributed by atoms with Crippen LogP contribution in [0.3, 0.4) is 0 Å². The third kappa shape index (κ3) is 6.00. The Bertz CT molecular complexity index is 1340. The molecule has 0 aliphatic heterocycles. The number of ketones is 1. The van der Waals surface area contributed by atoms with Gasteiger partial charge in [0.1, 0.15) is 11.4 Å². The van der Waals surface area contributed by atoms with E-state index in [0.29, 0.717) is 26.6 Å². The van der Waals surface area contributed by atoms with Crippen LogP contribution in [0.25, 0.3) is 0 Å². The molecule has 0 amide bonds. The zero-order valence-corrected chi connectivity index (χ0v) is 20.6. The van der Waals surface area contributed by atoms with E-state index in [1.807, 2.05) is 0 Å². The van der Waals surface area contributed by atoms with Crippen molar-refractivity contribution < 1.29 is 17.2 Å². The van der Waals surface area contributed by atoms with Gasteiger partial charge in [-0.05, 0) is 24.3 Å². The van der Waals surface area contributed by atoms with Gasteiger partial charge in [0.05, 0.1) is 27.2 Å². The molecule has 3 N–H and O–H groups in total. The number of rotatable bonds is 5. The van der Waals surface area contributed by atoms with Crippen LogP contribution in [0.5, 0.6) is 0 Å². The second-order valence-electron chi connectivity index (χ2n) is 6.65. The Labute approximate surface area is 209 Å². The van der Waals surface area contributed by atoms with Crippen LogP contribution >= 0.6 is 35.0 Å².